The van der Waals surface area contributed by atoms with Crippen molar-refractivity contribution in [3.8, 4) is 0 Å². The zero-order valence-electron chi connectivity index (χ0n) is 20.6. The SMILES string of the molecule is C=C(F)CC/C=C(\C)C(C)CC(CCC)(C(C)/C(C)=C\C=C/CC)N(NC)C(C)=O. The average molecular weight is 421 g/mol. The zero-order chi connectivity index (χ0) is 23.3. The maximum atomic E-state index is 13.0. The Morgan fingerprint density at radius 2 is 1.83 bits per heavy atom. The summed E-state index contributed by atoms with van der Waals surface area (Å²) in [6.45, 7) is 18.0. The Morgan fingerprint density at radius 1 is 1.20 bits per heavy atom. The summed E-state index contributed by atoms with van der Waals surface area (Å²) in [5, 5.41) is 1.84. The molecule has 0 saturated heterocycles. The number of rotatable bonds is 14. The largest absolute Gasteiger partial charge is 0.274 e. The van der Waals surface area contributed by atoms with Gasteiger partial charge in [-0.15, -0.1) is 0 Å². The predicted octanol–water partition coefficient (Wildman–Crippen LogP) is 7.29. The van der Waals surface area contributed by atoms with Gasteiger partial charge in [0, 0.05) is 26.3 Å². The summed E-state index contributed by atoms with van der Waals surface area (Å²) in [4.78, 5) is 12.6. The van der Waals surface area contributed by atoms with Crippen LogP contribution in [0.25, 0.3) is 0 Å². The number of carbonyl (C=O) groups is 1. The molecule has 0 aliphatic rings. The Kier molecular flexibility index (Phi) is 13.5. The van der Waals surface area contributed by atoms with Crippen LogP contribution in [0, 0.1) is 11.8 Å². The fourth-order valence-electron chi connectivity index (χ4n) is 4.29. The van der Waals surface area contributed by atoms with Crippen molar-refractivity contribution in [2.45, 2.75) is 92.5 Å². The van der Waals surface area contributed by atoms with E-state index in [0.717, 1.165) is 25.7 Å². The van der Waals surface area contributed by atoms with Crippen molar-refractivity contribution in [1.29, 1.82) is 0 Å². The topological polar surface area (TPSA) is 32.3 Å². The van der Waals surface area contributed by atoms with Crippen molar-refractivity contribution >= 4 is 5.91 Å². The Balaban J connectivity index is 6.12. The van der Waals surface area contributed by atoms with E-state index in [1.54, 1.807) is 6.92 Å². The highest BCUT2D eigenvalue weighted by molar-refractivity contribution is 5.73. The lowest BCUT2D eigenvalue weighted by Gasteiger charge is -2.49. The summed E-state index contributed by atoms with van der Waals surface area (Å²) in [7, 11) is 1.83. The summed E-state index contributed by atoms with van der Waals surface area (Å²) < 4.78 is 13.0. The first-order valence-corrected chi connectivity index (χ1v) is 11.4. The van der Waals surface area contributed by atoms with Crippen LogP contribution < -0.4 is 5.43 Å². The highest BCUT2D eigenvalue weighted by Crippen LogP contribution is 2.40. The van der Waals surface area contributed by atoms with Gasteiger partial charge in [-0.1, -0.05) is 76.1 Å². The van der Waals surface area contributed by atoms with Gasteiger partial charge < -0.3 is 0 Å². The first kappa shape index (κ1) is 28.3. The highest BCUT2D eigenvalue weighted by Gasteiger charge is 2.44. The molecule has 0 spiro atoms. The molecule has 4 heteroatoms. The molecule has 0 rings (SSSR count). The Morgan fingerprint density at radius 3 is 2.30 bits per heavy atom. The van der Waals surface area contributed by atoms with E-state index in [1.807, 2.05) is 12.1 Å². The minimum absolute atomic E-state index is 0.0252. The number of allylic oxidation sites excluding steroid dienone is 6. The molecule has 172 valence electrons. The van der Waals surface area contributed by atoms with Gasteiger partial charge >= 0.3 is 0 Å². The molecule has 0 aliphatic carbocycles. The molecule has 0 saturated carbocycles. The van der Waals surface area contributed by atoms with Gasteiger partial charge in [-0.05, 0) is 45.4 Å². The van der Waals surface area contributed by atoms with E-state index in [9.17, 15) is 9.18 Å². The first-order valence-electron chi connectivity index (χ1n) is 11.4. The average Bonchev–Trinajstić information content (AvgIpc) is 2.67. The molecule has 3 unspecified atom stereocenters. The summed E-state index contributed by atoms with van der Waals surface area (Å²) in [5.74, 6) is 0.189. The summed E-state index contributed by atoms with van der Waals surface area (Å²) in [5.41, 5.74) is 5.33. The number of hydrogen-bond donors (Lipinski definition) is 1. The number of hydrazine groups is 1. The normalized spacial score (nSPS) is 17.0. The van der Waals surface area contributed by atoms with Gasteiger partial charge in [-0.2, -0.15) is 0 Å². The molecule has 0 aromatic carbocycles. The minimum Gasteiger partial charge on any atom is -0.274 e. The number of nitrogens with zero attached hydrogens (tertiary/aromatic N) is 1. The van der Waals surface area contributed by atoms with Crippen LogP contribution in [0.2, 0.25) is 0 Å². The lowest BCUT2D eigenvalue weighted by atomic mass is 9.70. The predicted molar refractivity (Wildman–Crippen MR) is 129 cm³/mol. The molecule has 0 fully saturated rings. The zero-order valence-corrected chi connectivity index (χ0v) is 20.6. The van der Waals surface area contributed by atoms with Gasteiger partial charge in [0.15, 0.2) is 0 Å². The fraction of sp³-hybridized carbons (Fsp3) is 0.654. The molecule has 0 aromatic rings. The van der Waals surface area contributed by atoms with Crippen molar-refractivity contribution in [1.82, 2.24) is 10.4 Å². The molecule has 3 atom stereocenters. The quantitative estimate of drug-likeness (QED) is 0.182. The van der Waals surface area contributed by atoms with E-state index in [4.69, 9.17) is 0 Å². The third-order valence-corrected chi connectivity index (χ3v) is 6.21. The molecule has 0 bridgehead atoms. The molecular formula is C26H45FN2O. The monoisotopic (exact) mass is 420 g/mol. The van der Waals surface area contributed by atoms with Crippen LogP contribution in [0.15, 0.2) is 47.9 Å². The van der Waals surface area contributed by atoms with Gasteiger partial charge in [0.1, 0.15) is 0 Å². The molecule has 1 amide bonds. The van der Waals surface area contributed by atoms with Gasteiger partial charge in [0.2, 0.25) is 5.91 Å². The fourth-order valence-corrected chi connectivity index (χ4v) is 4.29. The van der Waals surface area contributed by atoms with Crippen molar-refractivity contribution in [2.24, 2.45) is 11.8 Å². The Bertz CT molecular complexity index is 635. The lowest BCUT2D eigenvalue weighted by molar-refractivity contribution is -0.143. The molecule has 0 radical (unpaired) electrons. The van der Waals surface area contributed by atoms with E-state index in [-0.39, 0.29) is 29.1 Å². The summed E-state index contributed by atoms with van der Waals surface area (Å²) in [6, 6.07) is 0. The maximum absolute atomic E-state index is 13.0. The second-order valence-electron chi connectivity index (χ2n) is 8.51. The van der Waals surface area contributed by atoms with Gasteiger partial charge in [-0.3, -0.25) is 9.80 Å². The van der Waals surface area contributed by atoms with E-state index in [2.05, 4.69) is 77.9 Å². The van der Waals surface area contributed by atoms with Crippen LogP contribution in [0.5, 0.6) is 0 Å². The van der Waals surface area contributed by atoms with E-state index < -0.39 is 0 Å². The van der Waals surface area contributed by atoms with Gasteiger partial charge in [0.05, 0.1) is 11.4 Å². The molecule has 3 nitrogen and oxygen atoms in total. The first-order chi connectivity index (χ1) is 14.1. The molecule has 0 aliphatic heterocycles. The third kappa shape index (κ3) is 8.59. The van der Waals surface area contributed by atoms with Crippen molar-refractivity contribution in [3.63, 3.8) is 0 Å². The lowest BCUT2D eigenvalue weighted by Crippen LogP contribution is -2.61. The van der Waals surface area contributed by atoms with Crippen LogP contribution in [-0.2, 0) is 4.79 Å². The number of carbonyl (C=O) groups excluding carboxylic acids is 1. The number of nitrogens with one attached hydrogen (secondary N) is 1. The summed E-state index contributed by atoms with van der Waals surface area (Å²) >= 11 is 0. The number of amides is 1. The molecular weight excluding hydrogens is 375 g/mol. The maximum Gasteiger partial charge on any atom is 0.234 e. The second kappa shape index (κ2) is 14.3. The van der Waals surface area contributed by atoms with Crippen LogP contribution in [-0.4, -0.2) is 23.5 Å². The molecule has 0 aromatic heterocycles. The van der Waals surface area contributed by atoms with Crippen LogP contribution in [0.1, 0.15) is 87.0 Å². The van der Waals surface area contributed by atoms with Crippen molar-refractivity contribution in [2.75, 3.05) is 7.05 Å². The number of halogens is 1. The Hall–Kier alpha value is -1.68. The van der Waals surface area contributed by atoms with E-state index in [0.29, 0.717) is 12.8 Å². The molecule has 1 N–H and O–H groups in total. The standard InChI is InChI=1S/C26H45FN2O/c1-10-12-13-15-21(4)24(7)26(18-11-2,29(28-9)25(8)30)19-22(5)20(3)16-14-17-23(6)27/h12-13,15-16,22,24,28H,6,10-11,14,17-19H2,1-5,7-9H3/b13-12-,20-16+,21-15-. The Labute approximate surface area is 185 Å². The molecule has 30 heavy (non-hydrogen) atoms. The summed E-state index contributed by atoms with van der Waals surface area (Å²) in [6.07, 6.45) is 13.3. The van der Waals surface area contributed by atoms with E-state index in [1.165, 1.54) is 11.1 Å². The number of hydrogen-bond acceptors (Lipinski definition) is 2. The van der Waals surface area contributed by atoms with Crippen LogP contribution >= 0.6 is 0 Å². The molecule has 0 heterocycles. The van der Waals surface area contributed by atoms with Gasteiger partial charge in [-0.25, -0.2) is 9.82 Å². The van der Waals surface area contributed by atoms with Crippen LogP contribution in [0.4, 0.5) is 4.39 Å². The third-order valence-electron chi connectivity index (χ3n) is 6.21. The minimum atomic E-state index is -0.353. The smallest absolute Gasteiger partial charge is 0.234 e. The second-order valence-corrected chi connectivity index (χ2v) is 8.51. The van der Waals surface area contributed by atoms with E-state index >= 15 is 0 Å². The van der Waals surface area contributed by atoms with Crippen molar-refractivity contribution in [3.05, 3.63) is 47.9 Å². The highest BCUT2D eigenvalue weighted by atomic mass is 19.1. The van der Waals surface area contributed by atoms with Gasteiger partial charge in [0.25, 0.3) is 0 Å². The van der Waals surface area contributed by atoms with Crippen molar-refractivity contribution < 1.29 is 9.18 Å². The van der Waals surface area contributed by atoms with Crippen LogP contribution in [0.3, 0.4) is 0 Å².